The van der Waals surface area contributed by atoms with Gasteiger partial charge in [-0.1, -0.05) is 12.1 Å². The van der Waals surface area contributed by atoms with Gasteiger partial charge in [0.15, 0.2) is 0 Å². The maximum atomic E-state index is 12.9. The molecule has 2 aliphatic rings. The lowest BCUT2D eigenvalue weighted by molar-refractivity contribution is 0.0627. The van der Waals surface area contributed by atoms with Gasteiger partial charge in [0.1, 0.15) is 12.4 Å². The number of piperidine rings is 1. The summed E-state index contributed by atoms with van der Waals surface area (Å²) in [5.74, 6) is 1.50. The highest BCUT2D eigenvalue weighted by Gasteiger charge is 2.25. The number of para-hydroxylation sites is 1. The predicted octanol–water partition coefficient (Wildman–Crippen LogP) is 3.13. The van der Waals surface area contributed by atoms with E-state index in [1.54, 1.807) is 0 Å². The fourth-order valence-electron chi connectivity index (χ4n) is 3.67. The molecular weight excluding hydrogens is 352 g/mol. The minimum atomic E-state index is 0. The van der Waals surface area contributed by atoms with Crippen LogP contribution in [0.3, 0.4) is 0 Å². The molecule has 2 heterocycles. The zero-order valence-electron chi connectivity index (χ0n) is 15.6. The first kappa shape index (κ1) is 21.0. The number of hydrogen-bond donors (Lipinski definition) is 1. The molecule has 0 radical (unpaired) electrons. The van der Waals surface area contributed by atoms with Crippen LogP contribution in [-0.4, -0.2) is 56.8 Å². The summed E-state index contributed by atoms with van der Waals surface area (Å²) in [5.41, 5.74) is 0.675. The smallest absolute Gasteiger partial charge is 0.257 e. The summed E-state index contributed by atoms with van der Waals surface area (Å²) in [6.07, 6.45) is 5.66. The molecule has 146 valence electrons. The third-order valence-corrected chi connectivity index (χ3v) is 5.27. The van der Waals surface area contributed by atoms with Crippen LogP contribution in [-0.2, 0) is 4.74 Å². The average molecular weight is 383 g/mol. The second-order valence-corrected chi connectivity index (χ2v) is 7.07. The Hall–Kier alpha value is -1.30. The lowest BCUT2D eigenvalue weighted by Crippen LogP contribution is -2.39. The molecule has 0 spiro atoms. The third-order valence-electron chi connectivity index (χ3n) is 5.27. The Bertz CT molecular complexity index is 556. The van der Waals surface area contributed by atoms with Gasteiger partial charge in [-0.15, -0.1) is 12.4 Å². The second kappa shape index (κ2) is 10.8. The molecule has 2 aliphatic heterocycles. The Morgan fingerprint density at radius 3 is 2.73 bits per heavy atom. The highest BCUT2D eigenvalue weighted by atomic mass is 35.5. The van der Waals surface area contributed by atoms with E-state index in [0.29, 0.717) is 17.9 Å². The summed E-state index contributed by atoms with van der Waals surface area (Å²) in [6.45, 7) is 4.08. The third kappa shape index (κ3) is 5.60. The highest BCUT2D eigenvalue weighted by molar-refractivity contribution is 5.97. The number of nitrogens with zero attached hydrogens (tertiary/aromatic N) is 1. The Balaban J connectivity index is 0.00000243. The van der Waals surface area contributed by atoms with Gasteiger partial charge in [-0.25, -0.2) is 0 Å². The molecule has 26 heavy (non-hydrogen) atoms. The van der Waals surface area contributed by atoms with Crippen molar-refractivity contribution in [2.75, 3.05) is 39.9 Å². The first-order valence-corrected chi connectivity index (χ1v) is 9.55. The number of ether oxygens (including phenoxy) is 2. The predicted molar refractivity (Wildman–Crippen MR) is 105 cm³/mol. The Morgan fingerprint density at radius 1 is 1.27 bits per heavy atom. The molecule has 1 unspecified atom stereocenters. The lowest BCUT2D eigenvalue weighted by atomic mass is 9.93. The first-order valence-electron chi connectivity index (χ1n) is 9.55. The van der Waals surface area contributed by atoms with Gasteiger partial charge in [0.25, 0.3) is 5.91 Å². The molecule has 0 aliphatic carbocycles. The molecule has 2 fully saturated rings. The molecule has 2 saturated heterocycles. The largest absolute Gasteiger partial charge is 0.490 e. The van der Waals surface area contributed by atoms with E-state index in [2.05, 4.69) is 5.32 Å². The summed E-state index contributed by atoms with van der Waals surface area (Å²) in [5, 5.41) is 3.21. The van der Waals surface area contributed by atoms with Crippen LogP contribution in [0.2, 0.25) is 0 Å². The molecule has 0 saturated carbocycles. The standard InChI is InChI=1S/C20H30N2O3.ClH/c1-21-11-8-16-9-12-22(13-10-16)20(23)18-6-2-3-7-19(18)25-15-17-5-4-14-24-17;/h2-3,6-7,16-17,21H,4-5,8-15H2,1H3;1H. The zero-order chi connectivity index (χ0) is 17.5. The van der Waals surface area contributed by atoms with E-state index < -0.39 is 0 Å². The maximum Gasteiger partial charge on any atom is 0.257 e. The van der Waals surface area contributed by atoms with Gasteiger partial charge >= 0.3 is 0 Å². The van der Waals surface area contributed by atoms with Crippen LogP contribution >= 0.6 is 12.4 Å². The van der Waals surface area contributed by atoms with E-state index >= 15 is 0 Å². The Labute approximate surface area is 162 Å². The van der Waals surface area contributed by atoms with Gasteiger partial charge in [-0.05, 0) is 63.7 Å². The van der Waals surface area contributed by atoms with Crippen molar-refractivity contribution in [2.24, 2.45) is 5.92 Å². The van der Waals surface area contributed by atoms with Gasteiger partial charge in [0.05, 0.1) is 11.7 Å². The molecule has 5 nitrogen and oxygen atoms in total. The number of carbonyl (C=O) groups is 1. The van der Waals surface area contributed by atoms with Crippen LogP contribution in [0, 0.1) is 5.92 Å². The van der Waals surface area contributed by atoms with Crippen LogP contribution in [0.5, 0.6) is 5.75 Å². The van der Waals surface area contributed by atoms with Crippen molar-refractivity contribution < 1.29 is 14.3 Å². The highest BCUT2D eigenvalue weighted by Crippen LogP contribution is 2.25. The molecule has 1 aromatic carbocycles. The number of benzene rings is 1. The van der Waals surface area contributed by atoms with Crippen LogP contribution in [0.4, 0.5) is 0 Å². The fourth-order valence-corrected chi connectivity index (χ4v) is 3.67. The van der Waals surface area contributed by atoms with E-state index in [9.17, 15) is 4.79 Å². The monoisotopic (exact) mass is 382 g/mol. The second-order valence-electron chi connectivity index (χ2n) is 7.07. The first-order chi connectivity index (χ1) is 12.3. The van der Waals surface area contributed by atoms with Crippen molar-refractivity contribution in [1.82, 2.24) is 10.2 Å². The topological polar surface area (TPSA) is 50.8 Å². The molecular formula is C20H31ClN2O3. The quantitative estimate of drug-likeness (QED) is 0.787. The molecule has 6 heteroatoms. The van der Waals surface area contributed by atoms with Crippen molar-refractivity contribution in [3.8, 4) is 5.75 Å². The van der Waals surface area contributed by atoms with Crippen molar-refractivity contribution in [3.05, 3.63) is 29.8 Å². The fraction of sp³-hybridized carbons (Fsp3) is 0.650. The van der Waals surface area contributed by atoms with E-state index in [1.165, 1.54) is 6.42 Å². The number of halogens is 1. The van der Waals surface area contributed by atoms with E-state index in [4.69, 9.17) is 9.47 Å². The van der Waals surface area contributed by atoms with Gasteiger partial charge < -0.3 is 19.7 Å². The van der Waals surface area contributed by atoms with Gasteiger partial charge in [-0.2, -0.15) is 0 Å². The van der Waals surface area contributed by atoms with E-state index in [0.717, 1.165) is 57.8 Å². The normalized spacial score (nSPS) is 20.7. The minimum absolute atomic E-state index is 0. The molecule has 1 N–H and O–H groups in total. The number of likely N-dealkylation sites (tertiary alicyclic amines) is 1. The van der Waals surface area contributed by atoms with Crippen molar-refractivity contribution in [3.63, 3.8) is 0 Å². The molecule has 3 rings (SSSR count). The maximum absolute atomic E-state index is 12.9. The Kier molecular flexibility index (Phi) is 8.69. The number of nitrogens with one attached hydrogen (secondary N) is 1. The molecule has 1 atom stereocenters. The average Bonchev–Trinajstić information content (AvgIpc) is 3.18. The summed E-state index contributed by atoms with van der Waals surface area (Å²) in [7, 11) is 1.99. The van der Waals surface area contributed by atoms with Gasteiger partial charge in [-0.3, -0.25) is 4.79 Å². The van der Waals surface area contributed by atoms with Crippen LogP contribution in [0.1, 0.15) is 42.5 Å². The van der Waals surface area contributed by atoms with E-state index in [-0.39, 0.29) is 24.4 Å². The summed E-state index contributed by atoms with van der Waals surface area (Å²) < 4.78 is 11.5. The van der Waals surface area contributed by atoms with Crippen molar-refractivity contribution >= 4 is 18.3 Å². The Morgan fingerprint density at radius 2 is 2.04 bits per heavy atom. The summed E-state index contributed by atoms with van der Waals surface area (Å²) >= 11 is 0. The van der Waals surface area contributed by atoms with Crippen molar-refractivity contribution in [1.29, 1.82) is 0 Å². The molecule has 0 aromatic heterocycles. The molecule has 1 aromatic rings. The van der Waals surface area contributed by atoms with Crippen LogP contribution in [0.15, 0.2) is 24.3 Å². The SMILES string of the molecule is CNCCC1CCN(C(=O)c2ccccc2OCC2CCCO2)CC1.Cl. The number of amides is 1. The molecule has 0 bridgehead atoms. The lowest BCUT2D eigenvalue weighted by Gasteiger charge is -2.32. The van der Waals surface area contributed by atoms with Crippen LogP contribution in [0.25, 0.3) is 0 Å². The zero-order valence-corrected chi connectivity index (χ0v) is 16.4. The van der Waals surface area contributed by atoms with Gasteiger partial charge in [0, 0.05) is 19.7 Å². The number of carbonyl (C=O) groups excluding carboxylic acids is 1. The summed E-state index contributed by atoms with van der Waals surface area (Å²) in [4.78, 5) is 14.9. The minimum Gasteiger partial charge on any atom is -0.490 e. The molecule has 1 amide bonds. The summed E-state index contributed by atoms with van der Waals surface area (Å²) in [6, 6.07) is 7.60. The number of hydrogen-bond acceptors (Lipinski definition) is 4. The van der Waals surface area contributed by atoms with Crippen molar-refractivity contribution in [2.45, 2.75) is 38.2 Å². The van der Waals surface area contributed by atoms with E-state index in [1.807, 2.05) is 36.2 Å². The van der Waals surface area contributed by atoms with Gasteiger partial charge in [0.2, 0.25) is 0 Å². The number of rotatable bonds is 7. The van der Waals surface area contributed by atoms with Crippen LogP contribution < -0.4 is 10.1 Å².